The maximum Gasteiger partial charge on any atom is 0.249 e. The van der Waals surface area contributed by atoms with Crippen molar-refractivity contribution < 1.29 is 14.6 Å². The van der Waals surface area contributed by atoms with Gasteiger partial charge in [-0.15, -0.1) is 0 Å². The fraction of sp³-hybridized carbons (Fsp3) is 0.500. The zero-order valence-electron chi connectivity index (χ0n) is 10.8. The van der Waals surface area contributed by atoms with E-state index in [2.05, 4.69) is 5.32 Å². The van der Waals surface area contributed by atoms with Gasteiger partial charge in [-0.25, -0.2) is 0 Å². The summed E-state index contributed by atoms with van der Waals surface area (Å²) >= 11 is 0. The van der Waals surface area contributed by atoms with Crippen LogP contribution in [-0.2, 0) is 16.1 Å². The highest BCUT2D eigenvalue weighted by atomic mass is 16.5. The molecule has 5 nitrogen and oxygen atoms in total. The third-order valence-electron chi connectivity index (χ3n) is 3.89. The third kappa shape index (κ3) is 2.43. The molecule has 0 aliphatic carbocycles. The van der Waals surface area contributed by atoms with Crippen molar-refractivity contribution >= 4 is 5.91 Å². The van der Waals surface area contributed by atoms with Crippen LogP contribution in [0.25, 0.3) is 0 Å². The van der Waals surface area contributed by atoms with Gasteiger partial charge in [0, 0.05) is 18.7 Å². The van der Waals surface area contributed by atoms with Crippen LogP contribution in [0, 0.1) is 0 Å². The molecule has 1 spiro atoms. The van der Waals surface area contributed by atoms with Crippen molar-refractivity contribution in [2.45, 2.75) is 18.6 Å². The van der Waals surface area contributed by atoms with Crippen LogP contribution >= 0.6 is 0 Å². The van der Waals surface area contributed by atoms with Crippen molar-refractivity contribution in [1.82, 2.24) is 10.2 Å². The van der Waals surface area contributed by atoms with Gasteiger partial charge in [0.2, 0.25) is 5.91 Å². The van der Waals surface area contributed by atoms with E-state index in [1.54, 1.807) is 17.0 Å². The molecule has 0 bridgehead atoms. The Morgan fingerprint density at radius 1 is 1.42 bits per heavy atom. The zero-order valence-corrected chi connectivity index (χ0v) is 10.8. The maximum atomic E-state index is 11.9. The van der Waals surface area contributed by atoms with Crippen LogP contribution in [0.1, 0.15) is 12.0 Å². The number of phenols is 1. The number of benzene rings is 1. The second-order valence-corrected chi connectivity index (χ2v) is 5.28. The minimum absolute atomic E-state index is 0.0132. The average Bonchev–Trinajstić information content (AvgIpc) is 2.85. The summed E-state index contributed by atoms with van der Waals surface area (Å²) in [6.07, 6.45) is 0.928. The van der Waals surface area contributed by atoms with Gasteiger partial charge >= 0.3 is 0 Å². The lowest BCUT2D eigenvalue weighted by molar-refractivity contribution is -0.161. The summed E-state index contributed by atoms with van der Waals surface area (Å²) in [6, 6.07) is 7.14. The van der Waals surface area contributed by atoms with Gasteiger partial charge in [-0.05, 0) is 19.0 Å². The SMILES string of the molecule is O=C1COC2(CCNC2)CN1Cc1ccccc1O. The largest absolute Gasteiger partial charge is 0.508 e. The average molecular weight is 262 g/mol. The highest BCUT2D eigenvalue weighted by Crippen LogP contribution is 2.27. The summed E-state index contributed by atoms with van der Waals surface area (Å²) in [4.78, 5) is 13.7. The van der Waals surface area contributed by atoms with Crippen LogP contribution < -0.4 is 5.32 Å². The number of hydrogen-bond donors (Lipinski definition) is 2. The lowest BCUT2D eigenvalue weighted by Gasteiger charge is -2.39. The molecule has 2 N–H and O–H groups in total. The predicted molar refractivity (Wildman–Crippen MR) is 69.7 cm³/mol. The Kier molecular flexibility index (Phi) is 3.16. The van der Waals surface area contributed by atoms with Crippen molar-refractivity contribution in [2.24, 2.45) is 0 Å². The first-order chi connectivity index (χ1) is 9.19. The molecule has 19 heavy (non-hydrogen) atoms. The molecule has 5 heteroatoms. The molecule has 1 aromatic rings. The number of phenolic OH excluding ortho intramolecular Hbond substituents is 1. The summed E-state index contributed by atoms with van der Waals surface area (Å²) < 4.78 is 5.72. The van der Waals surface area contributed by atoms with E-state index >= 15 is 0 Å². The van der Waals surface area contributed by atoms with Crippen molar-refractivity contribution in [3.8, 4) is 5.75 Å². The van der Waals surface area contributed by atoms with Crippen LogP contribution in [0.15, 0.2) is 24.3 Å². The molecular formula is C14H18N2O3. The second kappa shape index (κ2) is 4.83. The first-order valence-electron chi connectivity index (χ1n) is 6.58. The second-order valence-electron chi connectivity index (χ2n) is 5.28. The smallest absolute Gasteiger partial charge is 0.249 e. The first kappa shape index (κ1) is 12.4. The number of aromatic hydroxyl groups is 1. The molecule has 2 aliphatic heterocycles. The topological polar surface area (TPSA) is 61.8 Å². The van der Waals surface area contributed by atoms with Gasteiger partial charge in [0.05, 0.1) is 12.1 Å². The molecule has 0 aromatic heterocycles. The predicted octanol–water partition coefficient (Wildman–Crippen LogP) is 0.483. The molecule has 0 radical (unpaired) electrons. The van der Waals surface area contributed by atoms with Crippen molar-refractivity contribution in [2.75, 3.05) is 26.2 Å². The van der Waals surface area contributed by atoms with Gasteiger partial charge in [-0.3, -0.25) is 4.79 Å². The number of carbonyl (C=O) groups excluding carboxylic acids is 1. The molecule has 2 fully saturated rings. The highest BCUT2D eigenvalue weighted by molar-refractivity contribution is 5.78. The van der Waals surface area contributed by atoms with E-state index in [1.807, 2.05) is 12.1 Å². The van der Waals surface area contributed by atoms with Crippen LogP contribution in [-0.4, -0.2) is 47.8 Å². The van der Waals surface area contributed by atoms with Crippen molar-refractivity contribution in [3.05, 3.63) is 29.8 Å². The number of nitrogens with one attached hydrogen (secondary N) is 1. The van der Waals surface area contributed by atoms with E-state index < -0.39 is 0 Å². The van der Waals surface area contributed by atoms with E-state index in [1.165, 1.54) is 0 Å². The number of amides is 1. The molecule has 3 rings (SSSR count). The first-order valence-corrected chi connectivity index (χ1v) is 6.58. The summed E-state index contributed by atoms with van der Waals surface area (Å²) in [5, 5.41) is 13.1. The lowest BCUT2D eigenvalue weighted by Crippen LogP contribution is -2.55. The van der Waals surface area contributed by atoms with Crippen LogP contribution in [0.3, 0.4) is 0 Å². The van der Waals surface area contributed by atoms with E-state index in [-0.39, 0.29) is 23.9 Å². The number of ether oxygens (including phenoxy) is 1. The van der Waals surface area contributed by atoms with Crippen LogP contribution in [0.4, 0.5) is 0 Å². The Bertz CT molecular complexity index is 483. The Labute approximate surface area is 112 Å². The van der Waals surface area contributed by atoms with E-state index in [9.17, 15) is 9.90 Å². The van der Waals surface area contributed by atoms with E-state index in [0.717, 1.165) is 25.1 Å². The molecule has 1 unspecified atom stereocenters. The standard InChI is InChI=1S/C14H18N2O3/c17-12-4-2-1-3-11(12)7-16-10-14(5-6-15-9-14)19-8-13(16)18/h1-4,15,17H,5-10H2. The minimum atomic E-state index is -0.238. The number of morpholine rings is 1. The number of nitrogens with zero attached hydrogens (tertiary/aromatic N) is 1. The fourth-order valence-electron chi connectivity index (χ4n) is 2.76. The van der Waals surface area contributed by atoms with Gasteiger partial charge in [0.15, 0.2) is 0 Å². The Morgan fingerprint density at radius 2 is 2.26 bits per heavy atom. The normalized spacial score (nSPS) is 27.2. The quantitative estimate of drug-likeness (QED) is 0.814. The van der Waals surface area contributed by atoms with Gasteiger partial charge in [0.25, 0.3) is 0 Å². The molecule has 102 valence electrons. The zero-order chi connectivity index (χ0) is 13.3. The molecule has 2 saturated heterocycles. The van der Waals surface area contributed by atoms with Crippen molar-refractivity contribution in [3.63, 3.8) is 0 Å². The van der Waals surface area contributed by atoms with Gasteiger partial charge in [0.1, 0.15) is 12.4 Å². The Hall–Kier alpha value is -1.59. The summed E-state index contributed by atoms with van der Waals surface area (Å²) in [6.45, 7) is 2.88. The maximum absolute atomic E-state index is 11.9. The molecule has 0 saturated carbocycles. The number of hydrogen-bond acceptors (Lipinski definition) is 4. The highest BCUT2D eigenvalue weighted by Gasteiger charge is 2.42. The van der Waals surface area contributed by atoms with E-state index in [0.29, 0.717) is 13.1 Å². The molecular weight excluding hydrogens is 244 g/mol. The minimum Gasteiger partial charge on any atom is -0.508 e. The molecule has 2 aliphatic rings. The van der Waals surface area contributed by atoms with Gasteiger partial charge < -0.3 is 20.1 Å². The third-order valence-corrected chi connectivity index (χ3v) is 3.89. The van der Waals surface area contributed by atoms with Crippen LogP contribution in [0.2, 0.25) is 0 Å². The summed E-state index contributed by atoms with van der Waals surface area (Å²) in [5.74, 6) is 0.223. The molecule has 1 atom stereocenters. The summed E-state index contributed by atoms with van der Waals surface area (Å²) in [7, 11) is 0. The molecule has 1 aromatic carbocycles. The van der Waals surface area contributed by atoms with Crippen LogP contribution in [0.5, 0.6) is 5.75 Å². The van der Waals surface area contributed by atoms with Crippen molar-refractivity contribution in [1.29, 1.82) is 0 Å². The monoisotopic (exact) mass is 262 g/mol. The summed E-state index contributed by atoms with van der Waals surface area (Å²) in [5.41, 5.74) is 0.539. The molecule has 2 heterocycles. The van der Waals surface area contributed by atoms with E-state index in [4.69, 9.17) is 4.74 Å². The Balaban J connectivity index is 1.75. The number of rotatable bonds is 2. The number of carbonyl (C=O) groups is 1. The van der Waals surface area contributed by atoms with Gasteiger partial charge in [-0.1, -0.05) is 18.2 Å². The molecule has 1 amide bonds. The Morgan fingerprint density at radius 3 is 3.00 bits per heavy atom. The van der Waals surface area contributed by atoms with Gasteiger partial charge in [-0.2, -0.15) is 0 Å². The number of para-hydroxylation sites is 1. The fourth-order valence-corrected chi connectivity index (χ4v) is 2.76. The lowest BCUT2D eigenvalue weighted by atomic mass is 10.00.